The van der Waals surface area contributed by atoms with Crippen LogP contribution < -0.4 is 15.1 Å². The van der Waals surface area contributed by atoms with Crippen molar-refractivity contribution in [1.29, 1.82) is 0 Å². The van der Waals surface area contributed by atoms with E-state index in [1.54, 1.807) is 30.3 Å². The second-order valence-electron chi connectivity index (χ2n) is 8.90. The van der Waals surface area contributed by atoms with Gasteiger partial charge in [-0.3, -0.25) is 4.79 Å². The topological polar surface area (TPSA) is 65.2 Å². The standard InChI is InChI=1S/C23H26BN3O4/c1-22(2)23(3,4)31-24(30-22)18-9-8-17(14-16(18)15-28)29-20-11-10-19(25-5)21(26-20)27-12-6-7-13-27/h8-11,14-15H,6-7,12-13H2,1-4H3. The van der Waals surface area contributed by atoms with Gasteiger partial charge in [-0.15, -0.1) is 0 Å². The summed E-state index contributed by atoms with van der Waals surface area (Å²) in [6, 6.07) is 8.62. The summed E-state index contributed by atoms with van der Waals surface area (Å²) in [5, 5.41) is 0. The number of anilines is 1. The molecule has 0 saturated carbocycles. The van der Waals surface area contributed by atoms with E-state index in [4.69, 9.17) is 20.6 Å². The Kier molecular flexibility index (Phi) is 5.50. The smallest absolute Gasteiger partial charge is 0.439 e. The maximum absolute atomic E-state index is 11.8. The van der Waals surface area contributed by atoms with Gasteiger partial charge in [-0.05, 0) is 70.3 Å². The van der Waals surface area contributed by atoms with Gasteiger partial charge in [-0.1, -0.05) is 6.07 Å². The minimum Gasteiger partial charge on any atom is -0.439 e. The van der Waals surface area contributed by atoms with Gasteiger partial charge in [0.2, 0.25) is 11.6 Å². The van der Waals surface area contributed by atoms with Gasteiger partial charge in [0.15, 0.2) is 0 Å². The van der Waals surface area contributed by atoms with Crippen LogP contribution in [0.5, 0.6) is 11.6 Å². The van der Waals surface area contributed by atoms with Crippen molar-refractivity contribution in [2.24, 2.45) is 0 Å². The lowest BCUT2D eigenvalue weighted by molar-refractivity contribution is 0.00578. The number of hydrogen-bond donors (Lipinski definition) is 0. The molecule has 4 rings (SSSR count). The summed E-state index contributed by atoms with van der Waals surface area (Å²) in [6.07, 6.45) is 2.96. The van der Waals surface area contributed by atoms with Crippen molar-refractivity contribution in [2.45, 2.75) is 51.7 Å². The predicted octanol–water partition coefficient (Wildman–Crippen LogP) is 4.14. The molecule has 0 radical (unpaired) electrons. The summed E-state index contributed by atoms with van der Waals surface area (Å²) in [5.74, 6) is 1.52. The van der Waals surface area contributed by atoms with Crippen molar-refractivity contribution in [1.82, 2.24) is 4.98 Å². The Labute approximate surface area is 183 Å². The van der Waals surface area contributed by atoms with E-state index >= 15 is 0 Å². The molecule has 0 N–H and O–H groups in total. The van der Waals surface area contributed by atoms with Crippen LogP contribution in [0.15, 0.2) is 30.3 Å². The number of ether oxygens (including phenoxy) is 1. The van der Waals surface area contributed by atoms with Crippen molar-refractivity contribution in [2.75, 3.05) is 18.0 Å². The molecule has 31 heavy (non-hydrogen) atoms. The molecular weight excluding hydrogens is 393 g/mol. The van der Waals surface area contributed by atoms with Crippen LogP contribution >= 0.6 is 0 Å². The Balaban J connectivity index is 1.59. The highest BCUT2D eigenvalue weighted by molar-refractivity contribution is 6.63. The van der Waals surface area contributed by atoms with E-state index in [1.165, 1.54) is 0 Å². The van der Waals surface area contributed by atoms with Crippen LogP contribution in [-0.4, -0.2) is 42.7 Å². The predicted molar refractivity (Wildman–Crippen MR) is 120 cm³/mol. The van der Waals surface area contributed by atoms with Crippen molar-refractivity contribution in [3.05, 3.63) is 47.3 Å². The van der Waals surface area contributed by atoms with Crippen molar-refractivity contribution < 1.29 is 18.8 Å². The summed E-state index contributed by atoms with van der Waals surface area (Å²) in [6.45, 7) is 17.1. The summed E-state index contributed by atoms with van der Waals surface area (Å²) in [7, 11) is -0.628. The van der Waals surface area contributed by atoms with Gasteiger partial charge in [0.05, 0.1) is 17.8 Å². The molecule has 0 amide bonds. The molecule has 2 aromatic rings. The molecule has 2 fully saturated rings. The van der Waals surface area contributed by atoms with Crippen LogP contribution in [0.25, 0.3) is 4.85 Å². The number of benzene rings is 1. The van der Waals surface area contributed by atoms with Gasteiger partial charge in [0.25, 0.3) is 0 Å². The molecule has 3 heterocycles. The number of rotatable bonds is 5. The first-order valence-electron chi connectivity index (χ1n) is 10.5. The Morgan fingerprint density at radius 1 is 1.13 bits per heavy atom. The number of nitrogens with zero attached hydrogens (tertiary/aromatic N) is 3. The van der Waals surface area contributed by atoms with Crippen LogP contribution in [0.1, 0.15) is 50.9 Å². The van der Waals surface area contributed by atoms with Gasteiger partial charge in [-0.2, -0.15) is 0 Å². The monoisotopic (exact) mass is 419 g/mol. The number of pyridine rings is 1. The molecule has 160 valence electrons. The Morgan fingerprint density at radius 2 is 1.81 bits per heavy atom. The first-order chi connectivity index (χ1) is 14.7. The third-order valence-electron chi connectivity index (χ3n) is 6.27. The van der Waals surface area contributed by atoms with E-state index in [2.05, 4.69) is 14.7 Å². The summed E-state index contributed by atoms with van der Waals surface area (Å²) in [5.41, 5.74) is 0.628. The normalized spacial score (nSPS) is 19.3. The Bertz CT molecular complexity index is 1030. The quantitative estimate of drug-likeness (QED) is 0.413. The third kappa shape index (κ3) is 4.03. The molecule has 2 aliphatic heterocycles. The van der Waals surface area contributed by atoms with Gasteiger partial charge in [0.1, 0.15) is 17.9 Å². The van der Waals surface area contributed by atoms with Crippen LogP contribution in [0, 0.1) is 6.57 Å². The molecule has 0 aliphatic carbocycles. The molecule has 1 aromatic heterocycles. The van der Waals surface area contributed by atoms with Gasteiger partial charge >= 0.3 is 7.12 Å². The summed E-state index contributed by atoms with van der Waals surface area (Å²) >= 11 is 0. The SMILES string of the molecule is [C-]#[N+]c1ccc(Oc2ccc(B3OC(C)(C)C(C)(C)O3)c(C=O)c2)nc1N1CCCC1. The van der Waals surface area contributed by atoms with Gasteiger partial charge in [-0.25, -0.2) is 9.83 Å². The van der Waals surface area contributed by atoms with Crippen LogP contribution in [0.3, 0.4) is 0 Å². The van der Waals surface area contributed by atoms with Gasteiger partial charge in [0, 0.05) is 18.7 Å². The average molecular weight is 419 g/mol. The Hall–Kier alpha value is -2.89. The minimum absolute atomic E-state index is 0.384. The lowest BCUT2D eigenvalue weighted by Crippen LogP contribution is -2.41. The second kappa shape index (κ2) is 7.99. The second-order valence-corrected chi connectivity index (χ2v) is 8.90. The third-order valence-corrected chi connectivity index (χ3v) is 6.27. The zero-order valence-electron chi connectivity index (χ0n) is 18.3. The summed E-state index contributed by atoms with van der Waals surface area (Å²) < 4.78 is 18.1. The van der Waals surface area contributed by atoms with Crippen molar-refractivity contribution in [3.63, 3.8) is 0 Å². The van der Waals surface area contributed by atoms with E-state index in [0.29, 0.717) is 34.2 Å². The van der Waals surface area contributed by atoms with E-state index in [-0.39, 0.29) is 0 Å². The van der Waals surface area contributed by atoms with E-state index in [1.807, 2.05) is 27.7 Å². The maximum atomic E-state index is 11.8. The summed E-state index contributed by atoms with van der Waals surface area (Å²) in [4.78, 5) is 22.1. The fourth-order valence-electron chi connectivity index (χ4n) is 3.75. The fraction of sp³-hybridized carbons (Fsp3) is 0.435. The van der Waals surface area contributed by atoms with E-state index < -0.39 is 18.3 Å². The zero-order chi connectivity index (χ0) is 22.2. The lowest BCUT2D eigenvalue weighted by Gasteiger charge is -2.32. The molecule has 0 bridgehead atoms. The molecule has 1 aromatic carbocycles. The van der Waals surface area contributed by atoms with Crippen molar-refractivity contribution in [3.8, 4) is 11.6 Å². The highest BCUT2D eigenvalue weighted by Gasteiger charge is 2.52. The first kappa shape index (κ1) is 21.4. The lowest BCUT2D eigenvalue weighted by atomic mass is 9.76. The molecule has 2 saturated heterocycles. The number of hydrogen-bond acceptors (Lipinski definition) is 6. The van der Waals surface area contributed by atoms with Crippen molar-refractivity contribution >= 4 is 30.4 Å². The van der Waals surface area contributed by atoms with Crippen LogP contribution in [0.2, 0.25) is 0 Å². The maximum Gasteiger partial charge on any atom is 0.495 e. The largest absolute Gasteiger partial charge is 0.495 e. The molecule has 0 unspecified atom stereocenters. The zero-order valence-corrected chi connectivity index (χ0v) is 18.3. The molecule has 7 nitrogen and oxygen atoms in total. The van der Waals surface area contributed by atoms with E-state index in [0.717, 1.165) is 32.2 Å². The highest BCUT2D eigenvalue weighted by atomic mass is 16.7. The van der Waals surface area contributed by atoms with Crippen LogP contribution in [0.4, 0.5) is 11.5 Å². The van der Waals surface area contributed by atoms with Crippen LogP contribution in [-0.2, 0) is 9.31 Å². The molecule has 8 heteroatoms. The van der Waals surface area contributed by atoms with Gasteiger partial charge < -0.3 is 18.9 Å². The number of carbonyl (C=O) groups excluding carboxylic acids is 1. The highest BCUT2D eigenvalue weighted by Crippen LogP contribution is 2.37. The molecule has 2 aliphatic rings. The molecule has 0 atom stereocenters. The average Bonchev–Trinajstić information content (AvgIpc) is 3.34. The number of aromatic nitrogens is 1. The first-order valence-corrected chi connectivity index (χ1v) is 10.5. The molecular formula is C23H26BN3O4. The fourth-order valence-corrected chi connectivity index (χ4v) is 3.75. The number of carbonyl (C=O) groups is 1. The number of aldehydes is 1. The minimum atomic E-state index is -0.628. The van der Waals surface area contributed by atoms with E-state index in [9.17, 15) is 4.79 Å². The Morgan fingerprint density at radius 3 is 2.42 bits per heavy atom. The molecule has 0 spiro atoms.